The summed E-state index contributed by atoms with van der Waals surface area (Å²) < 4.78 is 4.56. The van der Waals surface area contributed by atoms with Crippen LogP contribution in [0, 0.1) is 5.92 Å². The standard InChI is InChI=1S/C13H25NO8/c1-4-6(2)8(13(21)22-3)14-12(20)11(19)10(18)9(17)7(16)5-15/h6-11,15-19H,4-5H2,1-3H3,(H,14,20)/t6?,7-,8?,9-,10+,11-/m1/s1. The molecule has 6 atom stereocenters. The van der Waals surface area contributed by atoms with Crippen LogP contribution in [-0.4, -0.2) is 81.6 Å². The fraction of sp³-hybridized carbons (Fsp3) is 0.846. The third-order valence-corrected chi connectivity index (χ3v) is 3.49. The Morgan fingerprint density at radius 1 is 1.14 bits per heavy atom. The molecule has 6 N–H and O–H groups in total. The van der Waals surface area contributed by atoms with E-state index in [0.29, 0.717) is 6.42 Å². The fourth-order valence-electron chi connectivity index (χ4n) is 1.71. The van der Waals surface area contributed by atoms with Crippen molar-refractivity contribution in [3.8, 4) is 0 Å². The molecule has 0 heterocycles. The van der Waals surface area contributed by atoms with Crippen LogP contribution < -0.4 is 5.32 Å². The highest BCUT2D eigenvalue weighted by molar-refractivity contribution is 5.87. The van der Waals surface area contributed by atoms with Crippen molar-refractivity contribution in [1.82, 2.24) is 5.32 Å². The van der Waals surface area contributed by atoms with Gasteiger partial charge in [-0.3, -0.25) is 4.79 Å². The van der Waals surface area contributed by atoms with Crippen molar-refractivity contribution in [1.29, 1.82) is 0 Å². The van der Waals surface area contributed by atoms with Gasteiger partial charge in [0.2, 0.25) is 0 Å². The molecule has 0 radical (unpaired) electrons. The number of amides is 1. The van der Waals surface area contributed by atoms with Crippen LogP contribution in [0.15, 0.2) is 0 Å². The number of nitrogens with one attached hydrogen (secondary N) is 1. The zero-order valence-corrected chi connectivity index (χ0v) is 12.8. The van der Waals surface area contributed by atoms with Crippen molar-refractivity contribution in [2.75, 3.05) is 13.7 Å². The number of rotatable bonds is 9. The first-order chi connectivity index (χ1) is 10.2. The summed E-state index contributed by atoms with van der Waals surface area (Å²) in [5, 5.41) is 48.8. The lowest BCUT2D eigenvalue weighted by molar-refractivity contribution is -0.155. The molecule has 2 unspecified atom stereocenters. The van der Waals surface area contributed by atoms with Gasteiger partial charge >= 0.3 is 5.97 Å². The fourth-order valence-corrected chi connectivity index (χ4v) is 1.71. The Hall–Kier alpha value is -1.26. The molecule has 0 spiro atoms. The second-order valence-electron chi connectivity index (χ2n) is 5.07. The summed E-state index contributed by atoms with van der Waals surface area (Å²) in [6, 6.07) is -1.02. The Labute approximate surface area is 128 Å². The highest BCUT2D eigenvalue weighted by Gasteiger charge is 2.36. The van der Waals surface area contributed by atoms with Crippen LogP contribution in [0.4, 0.5) is 0 Å². The Morgan fingerprint density at radius 3 is 2.09 bits per heavy atom. The Bertz CT molecular complexity index is 364. The zero-order chi connectivity index (χ0) is 17.4. The third-order valence-electron chi connectivity index (χ3n) is 3.49. The van der Waals surface area contributed by atoms with Gasteiger partial charge in [-0.25, -0.2) is 4.79 Å². The third kappa shape index (κ3) is 5.50. The van der Waals surface area contributed by atoms with Crippen LogP contribution in [0.2, 0.25) is 0 Å². The molecule has 22 heavy (non-hydrogen) atoms. The van der Waals surface area contributed by atoms with Gasteiger partial charge in [0.25, 0.3) is 5.91 Å². The first-order valence-corrected chi connectivity index (χ1v) is 6.92. The summed E-state index contributed by atoms with van der Waals surface area (Å²) in [5.74, 6) is -2.10. The summed E-state index contributed by atoms with van der Waals surface area (Å²) in [5.41, 5.74) is 0. The SMILES string of the molecule is CCC(C)C(NC(=O)[C@H](O)[C@@H](O)[C@H](O)[C@H](O)CO)C(=O)OC. The predicted octanol–water partition coefficient (Wildman–Crippen LogP) is -2.87. The molecule has 0 aliphatic rings. The lowest BCUT2D eigenvalue weighted by Crippen LogP contribution is -2.55. The lowest BCUT2D eigenvalue weighted by Gasteiger charge is -2.27. The van der Waals surface area contributed by atoms with Gasteiger partial charge in [-0.2, -0.15) is 0 Å². The van der Waals surface area contributed by atoms with E-state index in [0.717, 1.165) is 7.11 Å². The van der Waals surface area contributed by atoms with E-state index in [4.69, 9.17) is 5.11 Å². The molecule has 0 fully saturated rings. The van der Waals surface area contributed by atoms with Crippen molar-refractivity contribution in [3.63, 3.8) is 0 Å². The summed E-state index contributed by atoms with van der Waals surface area (Å²) >= 11 is 0. The molecule has 0 saturated heterocycles. The summed E-state index contributed by atoms with van der Waals surface area (Å²) in [6.07, 6.45) is -7.22. The monoisotopic (exact) mass is 323 g/mol. The number of aliphatic hydroxyl groups excluding tert-OH is 5. The summed E-state index contributed by atoms with van der Waals surface area (Å²) in [4.78, 5) is 23.5. The maximum Gasteiger partial charge on any atom is 0.328 e. The van der Waals surface area contributed by atoms with E-state index in [2.05, 4.69) is 10.1 Å². The van der Waals surface area contributed by atoms with Gasteiger partial charge in [0.15, 0.2) is 6.10 Å². The quantitative estimate of drug-likeness (QED) is 0.247. The molecule has 0 rings (SSSR count). The van der Waals surface area contributed by atoms with Crippen LogP contribution in [0.3, 0.4) is 0 Å². The van der Waals surface area contributed by atoms with Crippen LogP contribution >= 0.6 is 0 Å². The van der Waals surface area contributed by atoms with E-state index in [-0.39, 0.29) is 5.92 Å². The second-order valence-corrected chi connectivity index (χ2v) is 5.07. The average Bonchev–Trinajstić information content (AvgIpc) is 2.54. The van der Waals surface area contributed by atoms with Gasteiger partial charge in [0.05, 0.1) is 13.7 Å². The predicted molar refractivity (Wildman–Crippen MR) is 74.5 cm³/mol. The second kappa shape index (κ2) is 9.70. The Balaban J connectivity index is 4.89. The van der Waals surface area contributed by atoms with E-state index in [1.807, 2.05) is 0 Å². The molecule has 9 nitrogen and oxygen atoms in total. The molecule has 1 amide bonds. The maximum absolute atomic E-state index is 11.9. The number of hydrogen-bond acceptors (Lipinski definition) is 8. The minimum atomic E-state index is -2.09. The lowest BCUT2D eigenvalue weighted by atomic mass is 9.97. The van der Waals surface area contributed by atoms with Crippen LogP contribution in [-0.2, 0) is 14.3 Å². The molecule has 0 aromatic heterocycles. The molecule has 0 aromatic rings. The number of ether oxygens (including phenoxy) is 1. The minimum Gasteiger partial charge on any atom is -0.467 e. The molecule has 130 valence electrons. The highest BCUT2D eigenvalue weighted by Crippen LogP contribution is 2.11. The maximum atomic E-state index is 11.9. The average molecular weight is 323 g/mol. The smallest absolute Gasteiger partial charge is 0.328 e. The summed E-state index contributed by atoms with van der Waals surface area (Å²) in [6.45, 7) is 2.62. The van der Waals surface area contributed by atoms with Crippen molar-refractivity contribution in [2.24, 2.45) is 5.92 Å². The largest absolute Gasteiger partial charge is 0.467 e. The van der Waals surface area contributed by atoms with E-state index in [9.17, 15) is 30.0 Å². The topological polar surface area (TPSA) is 157 Å². The van der Waals surface area contributed by atoms with Gasteiger partial charge < -0.3 is 35.6 Å². The zero-order valence-electron chi connectivity index (χ0n) is 12.8. The van der Waals surface area contributed by atoms with Crippen LogP contribution in [0.5, 0.6) is 0 Å². The van der Waals surface area contributed by atoms with E-state index < -0.39 is 48.9 Å². The number of esters is 1. The Kier molecular flexibility index (Phi) is 9.14. The van der Waals surface area contributed by atoms with Gasteiger partial charge in [-0.1, -0.05) is 20.3 Å². The molecule has 0 bridgehead atoms. The van der Waals surface area contributed by atoms with Crippen LogP contribution in [0.1, 0.15) is 20.3 Å². The highest BCUT2D eigenvalue weighted by atomic mass is 16.5. The van der Waals surface area contributed by atoms with E-state index >= 15 is 0 Å². The molecular weight excluding hydrogens is 298 g/mol. The molecule has 0 aromatic carbocycles. The van der Waals surface area contributed by atoms with E-state index in [1.165, 1.54) is 0 Å². The first-order valence-electron chi connectivity index (χ1n) is 6.92. The molecular formula is C13H25NO8. The van der Waals surface area contributed by atoms with Gasteiger partial charge in [-0.15, -0.1) is 0 Å². The van der Waals surface area contributed by atoms with Crippen LogP contribution in [0.25, 0.3) is 0 Å². The molecule has 9 heteroatoms. The van der Waals surface area contributed by atoms with Gasteiger partial charge in [0, 0.05) is 0 Å². The van der Waals surface area contributed by atoms with Crippen molar-refractivity contribution < 1.29 is 39.9 Å². The van der Waals surface area contributed by atoms with Gasteiger partial charge in [-0.05, 0) is 5.92 Å². The number of carbonyl (C=O) groups is 2. The molecule has 0 aliphatic heterocycles. The number of hydrogen-bond donors (Lipinski definition) is 6. The first kappa shape index (κ1) is 20.7. The number of aliphatic hydroxyl groups is 5. The van der Waals surface area contributed by atoms with Crippen molar-refractivity contribution in [3.05, 3.63) is 0 Å². The minimum absolute atomic E-state index is 0.284. The molecule has 0 aliphatic carbocycles. The van der Waals surface area contributed by atoms with E-state index in [1.54, 1.807) is 13.8 Å². The Morgan fingerprint density at radius 2 is 1.68 bits per heavy atom. The van der Waals surface area contributed by atoms with Crippen molar-refractivity contribution in [2.45, 2.75) is 50.7 Å². The van der Waals surface area contributed by atoms with Crippen molar-refractivity contribution >= 4 is 11.9 Å². The number of carbonyl (C=O) groups excluding carboxylic acids is 2. The van der Waals surface area contributed by atoms with Gasteiger partial charge in [0.1, 0.15) is 24.4 Å². The number of methoxy groups -OCH3 is 1. The normalized spacial score (nSPS) is 19.5. The molecule has 0 saturated carbocycles. The summed E-state index contributed by atoms with van der Waals surface area (Å²) in [7, 11) is 1.15.